The Bertz CT molecular complexity index is 673. The van der Waals surface area contributed by atoms with Crippen LogP contribution < -0.4 is 15.4 Å². The van der Waals surface area contributed by atoms with Gasteiger partial charge in [-0.15, -0.1) is 0 Å². The zero-order valence-electron chi connectivity index (χ0n) is 13.1. The van der Waals surface area contributed by atoms with Gasteiger partial charge in [0.25, 0.3) is 5.91 Å². The van der Waals surface area contributed by atoms with Crippen LogP contribution in [0.4, 0.5) is 11.4 Å². The van der Waals surface area contributed by atoms with Crippen LogP contribution in [0.25, 0.3) is 0 Å². The minimum absolute atomic E-state index is 0.00717. The second-order valence-corrected chi connectivity index (χ2v) is 5.78. The van der Waals surface area contributed by atoms with Crippen molar-refractivity contribution in [2.75, 3.05) is 23.7 Å². The molecule has 0 bridgehead atoms. The maximum absolute atomic E-state index is 12.3. The van der Waals surface area contributed by atoms with E-state index in [-0.39, 0.29) is 30.1 Å². The minimum Gasteiger partial charge on any atom is -0.479 e. The van der Waals surface area contributed by atoms with Gasteiger partial charge < -0.3 is 20.3 Å². The van der Waals surface area contributed by atoms with E-state index in [0.29, 0.717) is 30.2 Å². The average molecular weight is 317 g/mol. The number of rotatable bonds is 3. The molecule has 1 saturated heterocycles. The molecule has 0 unspecified atom stereocenters. The van der Waals surface area contributed by atoms with E-state index in [2.05, 4.69) is 10.6 Å². The van der Waals surface area contributed by atoms with Gasteiger partial charge in [-0.1, -0.05) is 0 Å². The van der Waals surface area contributed by atoms with E-state index in [4.69, 9.17) is 4.74 Å². The first-order valence-corrected chi connectivity index (χ1v) is 7.68. The highest BCUT2D eigenvalue weighted by molar-refractivity contribution is 6.00. The highest BCUT2D eigenvalue weighted by Crippen LogP contribution is 2.32. The fraction of sp³-hybridized carbons (Fsp3) is 0.438. The van der Waals surface area contributed by atoms with Gasteiger partial charge >= 0.3 is 0 Å². The lowest BCUT2D eigenvalue weighted by Gasteiger charge is -2.23. The van der Waals surface area contributed by atoms with Crippen LogP contribution in [0.15, 0.2) is 18.2 Å². The van der Waals surface area contributed by atoms with Crippen LogP contribution in [-0.2, 0) is 14.4 Å². The Morgan fingerprint density at radius 3 is 2.91 bits per heavy atom. The molecule has 2 aliphatic heterocycles. The molecule has 2 heterocycles. The van der Waals surface area contributed by atoms with Gasteiger partial charge in [0.05, 0.1) is 11.6 Å². The number of anilines is 2. The Kier molecular flexibility index (Phi) is 3.94. The first-order valence-electron chi connectivity index (χ1n) is 7.68. The third-order valence-electron chi connectivity index (χ3n) is 4.14. The van der Waals surface area contributed by atoms with Crippen LogP contribution in [0, 0.1) is 5.92 Å². The van der Waals surface area contributed by atoms with Gasteiger partial charge in [0, 0.05) is 25.2 Å². The number of ether oxygens (including phenoxy) is 1. The Morgan fingerprint density at radius 2 is 2.22 bits per heavy atom. The largest absolute Gasteiger partial charge is 0.479 e. The summed E-state index contributed by atoms with van der Waals surface area (Å²) in [5.41, 5.74) is 1.10. The summed E-state index contributed by atoms with van der Waals surface area (Å²) in [7, 11) is 0. The molecule has 1 aromatic carbocycles. The molecule has 0 radical (unpaired) electrons. The van der Waals surface area contributed by atoms with Crippen LogP contribution in [0.5, 0.6) is 5.75 Å². The van der Waals surface area contributed by atoms with Crippen molar-refractivity contribution in [2.24, 2.45) is 5.92 Å². The lowest BCUT2D eigenvalue weighted by atomic mass is 10.1. The third kappa shape index (κ3) is 2.99. The highest BCUT2D eigenvalue weighted by atomic mass is 16.5. The van der Waals surface area contributed by atoms with Crippen LogP contribution in [-0.4, -0.2) is 41.8 Å². The number of hydrogen-bond acceptors (Lipinski definition) is 4. The molecule has 0 saturated carbocycles. The molecule has 23 heavy (non-hydrogen) atoms. The minimum atomic E-state index is -0.535. The molecular formula is C16H19N3O4. The summed E-state index contributed by atoms with van der Waals surface area (Å²) in [5.74, 6) is -0.174. The maximum Gasteiger partial charge on any atom is 0.265 e. The lowest BCUT2D eigenvalue weighted by molar-refractivity contribution is -0.128. The lowest BCUT2D eigenvalue weighted by Crippen LogP contribution is -2.34. The summed E-state index contributed by atoms with van der Waals surface area (Å²) in [5, 5.41) is 5.54. The Balaban J connectivity index is 1.69. The fourth-order valence-electron chi connectivity index (χ4n) is 2.78. The Hall–Kier alpha value is -2.57. The molecule has 0 aromatic heterocycles. The second kappa shape index (κ2) is 5.91. The first kappa shape index (κ1) is 15.3. The molecule has 1 aromatic rings. The molecular weight excluding hydrogens is 298 g/mol. The van der Waals surface area contributed by atoms with Crippen LogP contribution in [0.1, 0.15) is 20.3 Å². The Labute approximate surface area is 134 Å². The predicted molar refractivity (Wildman–Crippen MR) is 84.2 cm³/mol. The SMILES string of the molecule is CCN1C[C@H](C(=O)Nc2ccc3c(c2)NC(=O)[C@H](C)O3)CC1=O. The molecule has 122 valence electrons. The van der Waals surface area contributed by atoms with Crippen molar-refractivity contribution in [3.63, 3.8) is 0 Å². The van der Waals surface area contributed by atoms with Gasteiger partial charge in [-0.25, -0.2) is 0 Å². The molecule has 3 rings (SSSR count). The zero-order valence-corrected chi connectivity index (χ0v) is 13.1. The van der Waals surface area contributed by atoms with E-state index >= 15 is 0 Å². The average Bonchev–Trinajstić information content (AvgIpc) is 2.90. The van der Waals surface area contributed by atoms with Crippen molar-refractivity contribution >= 4 is 29.1 Å². The summed E-state index contributed by atoms with van der Waals surface area (Å²) in [6.07, 6.45) is -0.297. The van der Waals surface area contributed by atoms with E-state index in [9.17, 15) is 14.4 Å². The van der Waals surface area contributed by atoms with Gasteiger partial charge in [-0.2, -0.15) is 0 Å². The number of nitrogens with zero attached hydrogens (tertiary/aromatic N) is 1. The number of carbonyl (C=O) groups excluding carboxylic acids is 3. The monoisotopic (exact) mass is 317 g/mol. The zero-order chi connectivity index (χ0) is 16.6. The topological polar surface area (TPSA) is 87.7 Å². The van der Waals surface area contributed by atoms with E-state index in [0.717, 1.165) is 0 Å². The fourth-order valence-corrected chi connectivity index (χ4v) is 2.78. The van der Waals surface area contributed by atoms with Crippen LogP contribution in [0.3, 0.4) is 0 Å². The van der Waals surface area contributed by atoms with E-state index < -0.39 is 6.10 Å². The van der Waals surface area contributed by atoms with Crippen LogP contribution >= 0.6 is 0 Å². The number of likely N-dealkylation sites (tertiary alicyclic amines) is 1. The first-order chi connectivity index (χ1) is 11.0. The number of fused-ring (bicyclic) bond motifs is 1. The van der Waals surface area contributed by atoms with E-state index in [1.165, 1.54) is 0 Å². The van der Waals surface area contributed by atoms with Crippen molar-refractivity contribution in [2.45, 2.75) is 26.4 Å². The van der Waals surface area contributed by atoms with Crippen molar-refractivity contribution in [3.8, 4) is 5.75 Å². The number of hydrogen-bond donors (Lipinski definition) is 2. The molecule has 0 spiro atoms. The summed E-state index contributed by atoms with van der Waals surface area (Å²) >= 11 is 0. The second-order valence-electron chi connectivity index (χ2n) is 5.78. The summed E-state index contributed by atoms with van der Waals surface area (Å²) in [4.78, 5) is 37.3. The molecule has 1 fully saturated rings. The van der Waals surface area contributed by atoms with E-state index in [1.807, 2.05) is 6.92 Å². The van der Waals surface area contributed by atoms with Gasteiger partial charge in [0.2, 0.25) is 11.8 Å². The molecule has 7 nitrogen and oxygen atoms in total. The van der Waals surface area contributed by atoms with Crippen molar-refractivity contribution in [3.05, 3.63) is 18.2 Å². The predicted octanol–water partition coefficient (Wildman–Crippen LogP) is 1.21. The molecule has 2 aliphatic rings. The van der Waals surface area contributed by atoms with Crippen molar-refractivity contribution in [1.29, 1.82) is 0 Å². The molecule has 3 amide bonds. The Morgan fingerprint density at radius 1 is 1.43 bits per heavy atom. The normalized spacial score (nSPS) is 23.1. The summed E-state index contributed by atoms with van der Waals surface area (Å²) in [6.45, 7) is 4.63. The van der Waals surface area contributed by atoms with Crippen molar-refractivity contribution in [1.82, 2.24) is 4.90 Å². The molecule has 2 atom stereocenters. The van der Waals surface area contributed by atoms with Crippen LogP contribution in [0.2, 0.25) is 0 Å². The smallest absolute Gasteiger partial charge is 0.265 e. The van der Waals surface area contributed by atoms with Gasteiger partial charge in [-0.05, 0) is 32.0 Å². The van der Waals surface area contributed by atoms with Gasteiger partial charge in [0.1, 0.15) is 5.75 Å². The number of amides is 3. The third-order valence-corrected chi connectivity index (χ3v) is 4.14. The molecule has 0 aliphatic carbocycles. The maximum atomic E-state index is 12.3. The van der Waals surface area contributed by atoms with Gasteiger partial charge in [-0.3, -0.25) is 14.4 Å². The quantitative estimate of drug-likeness (QED) is 0.877. The van der Waals surface area contributed by atoms with Crippen molar-refractivity contribution < 1.29 is 19.1 Å². The standard InChI is InChI=1S/C16H19N3O4/c1-3-19-8-10(6-14(19)20)16(22)17-11-4-5-13-12(7-11)18-15(21)9(2)23-13/h4-5,7,9-10H,3,6,8H2,1-2H3,(H,17,22)(H,18,21)/t9-,10+/m0/s1. The number of nitrogens with one attached hydrogen (secondary N) is 2. The van der Waals surface area contributed by atoms with Gasteiger partial charge in [0.15, 0.2) is 6.10 Å². The highest BCUT2D eigenvalue weighted by Gasteiger charge is 2.33. The summed E-state index contributed by atoms with van der Waals surface area (Å²) in [6, 6.07) is 5.08. The number of carbonyl (C=O) groups is 3. The number of benzene rings is 1. The molecule has 2 N–H and O–H groups in total. The van der Waals surface area contributed by atoms with E-state index in [1.54, 1.807) is 30.0 Å². The summed E-state index contributed by atoms with van der Waals surface area (Å²) < 4.78 is 5.47. The molecule has 7 heteroatoms.